The molecule has 2 rings (SSSR count). The first-order valence-electron chi connectivity index (χ1n) is 6.62. The van der Waals surface area contributed by atoms with Crippen molar-refractivity contribution in [2.24, 2.45) is 5.73 Å². The lowest BCUT2D eigenvalue weighted by atomic mass is 9.99. The number of rotatable bonds is 3. The van der Waals surface area contributed by atoms with Crippen molar-refractivity contribution >= 4 is 44.7 Å². The molecule has 4 nitrogen and oxygen atoms in total. The number of thiocarbonyl (C=S) groups is 1. The Kier molecular flexibility index (Phi) is 4.99. The van der Waals surface area contributed by atoms with Crippen LogP contribution in [0, 0.1) is 0 Å². The number of hydrogen-bond donors (Lipinski definition) is 2. The van der Waals surface area contributed by atoms with Crippen molar-refractivity contribution in [2.75, 3.05) is 18.5 Å². The molecule has 0 aliphatic carbocycles. The van der Waals surface area contributed by atoms with Crippen LogP contribution >= 0.6 is 28.1 Å². The fraction of sp³-hybridized carbons (Fsp3) is 0.429. The topological polar surface area (TPSA) is 58.4 Å². The summed E-state index contributed by atoms with van der Waals surface area (Å²) in [7, 11) is 1.67. The summed E-state index contributed by atoms with van der Waals surface area (Å²) in [4.78, 5) is 14.6. The Morgan fingerprint density at radius 3 is 2.90 bits per heavy atom. The molecule has 1 fully saturated rings. The quantitative estimate of drug-likeness (QED) is 0.816. The van der Waals surface area contributed by atoms with Crippen LogP contribution in [0.3, 0.4) is 0 Å². The van der Waals surface area contributed by atoms with E-state index < -0.39 is 0 Å². The highest BCUT2D eigenvalue weighted by molar-refractivity contribution is 9.10. The first kappa shape index (κ1) is 15.3. The fourth-order valence-corrected chi connectivity index (χ4v) is 3.13. The lowest BCUT2D eigenvalue weighted by molar-refractivity contribution is -0.122. The van der Waals surface area contributed by atoms with E-state index in [9.17, 15) is 4.79 Å². The van der Waals surface area contributed by atoms with Crippen LogP contribution in [0.15, 0.2) is 22.7 Å². The molecular formula is C14H18BrN3OS. The average Bonchev–Trinajstić information content (AvgIpc) is 2.46. The van der Waals surface area contributed by atoms with E-state index in [4.69, 9.17) is 18.0 Å². The summed E-state index contributed by atoms with van der Waals surface area (Å²) in [5, 5.41) is 2.74. The summed E-state index contributed by atoms with van der Waals surface area (Å²) in [6.07, 6.45) is 2.98. The number of anilines is 1. The summed E-state index contributed by atoms with van der Waals surface area (Å²) in [6, 6.07) is 5.64. The predicted molar refractivity (Wildman–Crippen MR) is 89.1 cm³/mol. The Balaban J connectivity index is 2.44. The molecule has 1 aliphatic heterocycles. The van der Waals surface area contributed by atoms with Gasteiger partial charge in [-0.25, -0.2) is 0 Å². The van der Waals surface area contributed by atoms with Crippen LogP contribution in [-0.4, -0.2) is 30.5 Å². The lowest BCUT2D eigenvalue weighted by Crippen LogP contribution is -2.49. The third-order valence-corrected chi connectivity index (χ3v) is 4.30. The number of nitrogens with two attached hydrogens (primary N) is 1. The third kappa shape index (κ3) is 3.12. The Bertz CT molecular complexity index is 535. The standard InChI is InChI=1S/C14H18BrN3OS/c1-17-14(19)11-4-2-3-7-18(11)12-8-9(15)5-6-10(12)13(16)20/h5-6,8,11H,2-4,7H2,1H3,(H2,16,20)(H,17,19). The highest BCUT2D eigenvalue weighted by Crippen LogP contribution is 2.30. The molecular weight excluding hydrogens is 338 g/mol. The van der Waals surface area contributed by atoms with Crippen molar-refractivity contribution in [3.8, 4) is 0 Å². The number of hydrogen-bond acceptors (Lipinski definition) is 3. The van der Waals surface area contributed by atoms with Gasteiger partial charge in [-0.15, -0.1) is 0 Å². The number of nitrogens with zero attached hydrogens (tertiary/aromatic N) is 1. The van der Waals surface area contributed by atoms with Crippen LogP contribution in [0.1, 0.15) is 24.8 Å². The summed E-state index contributed by atoms with van der Waals surface area (Å²) in [5.74, 6) is 0.0403. The second-order valence-electron chi connectivity index (χ2n) is 4.84. The lowest BCUT2D eigenvalue weighted by Gasteiger charge is -2.37. The van der Waals surface area contributed by atoms with Crippen molar-refractivity contribution < 1.29 is 4.79 Å². The number of nitrogens with one attached hydrogen (secondary N) is 1. The number of benzene rings is 1. The van der Waals surface area contributed by atoms with Gasteiger partial charge in [-0.2, -0.15) is 0 Å². The highest BCUT2D eigenvalue weighted by Gasteiger charge is 2.29. The average molecular weight is 356 g/mol. The zero-order chi connectivity index (χ0) is 14.7. The smallest absolute Gasteiger partial charge is 0.242 e. The van der Waals surface area contributed by atoms with E-state index in [0.717, 1.165) is 41.5 Å². The summed E-state index contributed by atoms with van der Waals surface area (Å²) < 4.78 is 0.953. The van der Waals surface area contributed by atoms with Crippen LogP contribution in [-0.2, 0) is 4.79 Å². The molecule has 0 saturated carbocycles. The number of likely N-dealkylation sites (N-methyl/N-ethyl adjacent to an activating group) is 1. The molecule has 0 bridgehead atoms. The van der Waals surface area contributed by atoms with Crippen LogP contribution in [0.2, 0.25) is 0 Å². The summed E-state index contributed by atoms with van der Waals surface area (Å²) in [6.45, 7) is 0.837. The predicted octanol–water partition coefficient (Wildman–Crippen LogP) is 2.19. The maximum absolute atomic E-state index is 12.1. The first-order chi connectivity index (χ1) is 9.54. The molecule has 1 saturated heterocycles. The zero-order valence-electron chi connectivity index (χ0n) is 11.4. The Morgan fingerprint density at radius 2 is 2.25 bits per heavy atom. The number of halogens is 1. The van der Waals surface area contributed by atoms with Gasteiger partial charge in [0.2, 0.25) is 5.91 Å². The number of amides is 1. The van der Waals surface area contributed by atoms with Gasteiger partial charge in [-0.3, -0.25) is 4.79 Å². The SMILES string of the molecule is CNC(=O)C1CCCCN1c1cc(Br)ccc1C(N)=S. The Hall–Kier alpha value is -1.14. The van der Waals surface area contributed by atoms with Gasteiger partial charge in [0.25, 0.3) is 0 Å². The maximum Gasteiger partial charge on any atom is 0.242 e. The minimum Gasteiger partial charge on any atom is -0.389 e. The van der Waals surface area contributed by atoms with Crippen molar-refractivity contribution in [3.63, 3.8) is 0 Å². The molecule has 3 N–H and O–H groups in total. The normalized spacial score (nSPS) is 18.7. The molecule has 1 amide bonds. The first-order valence-corrected chi connectivity index (χ1v) is 7.82. The molecule has 1 aromatic carbocycles. The molecule has 1 unspecified atom stereocenters. The van der Waals surface area contributed by atoms with E-state index in [-0.39, 0.29) is 11.9 Å². The Labute approximate surface area is 132 Å². The monoisotopic (exact) mass is 355 g/mol. The van der Waals surface area contributed by atoms with E-state index in [1.54, 1.807) is 7.05 Å². The van der Waals surface area contributed by atoms with E-state index in [1.165, 1.54) is 0 Å². The molecule has 1 atom stereocenters. The van der Waals surface area contributed by atoms with Crippen molar-refractivity contribution in [1.82, 2.24) is 5.32 Å². The van der Waals surface area contributed by atoms with Gasteiger partial charge in [-0.1, -0.05) is 28.1 Å². The molecule has 6 heteroatoms. The van der Waals surface area contributed by atoms with Gasteiger partial charge in [0.05, 0.1) is 0 Å². The number of piperidine rings is 1. The third-order valence-electron chi connectivity index (χ3n) is 3.59. The summed E-state index contributed by atoms with van der Waals surface area (Å²) >= 11 is 8.60. The molecule has 0 aromatic heterocycles. The molecule has 1 heterocycles. The second-order valence-corrected chi connectivity index (χ2v) is 6.20. The van der Waals surface area contributed by atoms with Crippen molar-refractivity contribution in [1.29, 1.82) is 0 Å². The highest BCUT2D eigenvalue weighted by atomic mass is 79.9. The largest absolute Gasteiger partial charge is 0.389 e. The van der Waals surface area contributed by atoms with Gasteiger partial charge in [0.1, 0.15) is 11.0 Å². The van der Waals surface area contributed by atoms with E-state index in [2.05, 4.69) is 26.1 Å². The van der Waals surface area contributed by atoms with Crippen molar-refractivity contribution in [2.45, 2.75) is 25.3 Å². The van der Waals surface area contributed by atoms with Gasteiger partial charge < -0.3 is 16.0 Å². The van der Waals surface area contributed by atoms with Crippen LogP contribution in [0.25, 0.3) is 0 Å². The summed E-state index contributed by atoms with van der Waals surface area (Å²) in [5.41, 5.74) is 7.56. The van der Waals surface area contributed by atoms with Gasteiger partial charge in [0.15, 0.2) is 0 Å². The molecule has 1 aliphatic rings. The minimum atomic E-state index is -0.156. The fourth-order valence-electron chi connectivity index (χ4n) is 2.61. The second kappa shape index (κ2) is 6.54. The molecule has 0 radical (unpaired) electrons. The number of carbonyl (C=O) groups excluding carboxylic acids is 1. The van der Waals surface area contributed by atoms with Crippen LogP contribution < -0.4 is 16.0 Å². The van der Waals surface area contributed by atoms with E-state index in [1.807, 2.05) is 18.2 Å². The molecule has 0 spiro atoms. The molecule has 108 valence electrons. The van der Waals surface area contributed by atoms with Gasteiger partial charge in [-0.05, 0) is 37.5 Å². The zero-order valence-corrected chi connectivity index (χ0v) is 13.8. The van der Waals surface area contributed by atoms with Gasteiger partial charge in [0, 0.05) is 29.3 Å². The molecule has 20 heavy (non-hydrogen) atoms. The molecule has 1 aromatic rings. The van der Waals surface area contributed by atoms with Crippen LogP contribution in [0.5, 0.6) is 0 Å². The Morgan fingerprint density at radius 1 is 1.50 bits per heavy atom. The van der Waals surface area contributed by atoms with Crippen molar-refractivity contribution in [3.05, 3.63) is 28.2 Å². The minimum absolute atomic E-state index is 0.0403. The van der Waals surface area contributed by atoms with Crippen LogP contribution in [0.4, 0.5) is 5.69 Å². The van der Waals surface area contributed by atoms with E-state index in [0.29, 0.717) is 4.99 Å². The van der Waals surface area contributed by atoms with E-state index >= 15 is 0 Å². The van der Waals surface area contributed by atoms with Gasteiger partial charge >= 0.3 is 0 Å². The maximum atomic E-state index is 12.1. The number of carbonyl (C=O) groups is 1.